The smallest absolute Gasteiger partial charge is 0.251 e. The molecule has 2 aliphatic carbocycles. The fourth-order valence-corrected chi connectivity index (χ4v) is 5.53. The average molecular weight is 394 g/mol. The first-order valence-corrected chi connectivity index (χ1v) is 10.7. The quantitative estimate of drug-likeness (QED) is 0.762. The molecule has 5 rings (SSSR count). The van der Waals surface area contributed by atoms with E-state index in [2.05, 4.69) is 12.1 Å². The topological polar surface area (TPSA) is 53.7 Å². The average Bonchev–Trinajstić information content (AvgIpc) is 3.06. The first-order valence-electron chi connectivity index (χ1n) is 10.7. The highest BCUT2D eigenvalue weighted by Crippen LogP contribution is 2.51. The molecule has 4 nitrogen and oxygen atoms in total. The van der Waals surface area contributed by atoms with Crippen LogP contribution in [-0.4, -0.2) is 18.4 Å². The Balaban J connectivity index is 0.00000180. The molecule has 150 valence electrons. The van der Waals surface area contributed by atoms with E-state index in [-0.39, 0.29) is 24.6 Å². The van der Waals surface area contributed by atoms with E-state index in [1.54, 1.807) is 0 Å². The number of fused-ring (bicyclic) bond motifs is 3. The van der Waals surface area contributed by atoms with E-state index < -0.39 is 5.79 Å². The standard InChI is InChI=1S/C22H31NO3.ClH/c23-14-20-16-9-10-18-21(26-22(25-18)11-5-2-6-12-22)17(16)13-19(24-20)15-7-3-1-4-8-15;/h9-10,15,19-20H,1-8,11-14,23H2;1H. The molecule has 4 aliphatic rings. The maximum atomic E-state index is 6.54. The number of hydrogen-bond donors (Lipinski definition) is 1. The molecular formula is C22H32ClNO3. The molecule has 0 aromatic heterocycles. The highest BCUT2D eigenvalue weighted by atomic mass is 35.5. The van der Waals surface area contributed by atoms with Crippen molar-refractivity contribution in [2.24, 2.45) is 11.7 Å². The third-order valence-corrected chi connectivity index (χ3v) is 6.94. The lowest BCUT2D eigenvalue weighted by molar-refractivity contribution is -0.106. The molecule has 2 unspecified atom stereocenters. The van der Waals surface area contributed by atoms with E-state index in [9.17, 15) is 0 Å². The Morgan fingerprint density at radius 1 is 0.963 bits per heavy atom. The molecule has 0 saturated heterocycles. The zero-order valence-electron chi connectivity index (χ0n) is 16.1. The van der Waals surface area contributed by atoms with Gasteiger partial charge in [0.25, 0.3) is 5.79 Å². The first-order chi connectivity index (χ1) is 12.8. The number of nitrogens with two attached hydrogens (primary N) is 1. The van der Waals surface area contributed by atoms with Gasteiger partial charge in [0.15, 0.2) is 11.5 Å². The molecule has 0 radical (unpaired) electrons. The molecule has 2 saturated carbocycles. The Morgan fingerprint density at radius 2 is 1.70 bits per heavy atom. The van der Waals surface area contributed by atoms with Crippen molar-refractivity contribution in [2.45, 2.75) is 88.6 Å². The maximum Gasteiger partial charge on any atom is 0.251 e. The number of ether oxygens (including phenoxy) is 3. The van der Waals surface area contributed by atoms with E-state index >= 15 is 0 Å². The van der Waals surface area contributed by atoms with Gasteiger partial charge in [0.2, 0.25) is 0 Å². The summed E-state index contributed by atoms with van der Waals surface area (Å²) in [5.41, 5.74) is 8.62. The SMILES string of the molecule is Cl.NCC1OC(C2CCCCC2)Cc2c1ccc1c2OC2(CCCCC2)O1. The van der Waals surface area contributed by atoms with Crippen LogP contribution in [0.3, 0.4) is 0 Å². The van der Waals surface area contributed by atoms with Gasteiger partial charge in [0.05, 0.1) is 12.2 Å². The minimum atomic E-state index is -0.410. The summed E-state index contributed by atoms with van der Waals surface area (Å²) in [6.07, 6.45) is 13.5. The minimum Gasteiger partial charge on any atom is -0.448 e. The second kappa shape index (κ2) is 7.81. The van der Waals surface area contributed by atoms with Crippen molar-refractivity contribution in [3.63, 3.8) is 0 Å². The maximum absolute atomic E-state index is 6.54. The van der Waals surface area contributed by atoms with Crippen LogP contribution in [0.1, 0.15) is 81.4 Å². The van der Waals surface area contributed by atoms with Gasteiger partial charge in [-0.3, -0.25) is 0 Å². The summed E-state index contributed by atoms with van der Waals surface area (Å²) in [5.74, 6) is 2.18. The van der Waals surface area contributed by atoms with Crippen molar-refractivity contribution < 1.29 is 14.2 Å². The highest BCUT2D eigenvalue weighted by Gasteiger charge is 2.45. The van der Waals surface area contributed by atoms with Crippen molar-refractivity contribution in [1.82, 2.24) is 0 Å². The zero-order chi connectivity index (χ0) is 17.6. The van der Waals surface area contributed by atoms with Crippen LogP contribution < -0.4 is 15.2 Å². The van der Waals surface area contributed by atoms with E-state index in [0.717, 1.165) is 30.8 Å². The number of hydrogen-bond acceptors (Lipinski definition) is 4. The molecule has 27 heavy (non-hydrogen) atoms. The van der Waals surface area contributed by atoms with Crippen molar-refractivity contribution in [2.75, 3.05) is 6.54 Å². The zero-order valence-corrected chi connectivity index (χ0v) is 16.9. The number of benzene rings is 1. The van der Waals surface area contributed by atoms with Crippen LogP contribution in [0.25, 0.3) is 0 Å². The first kappa shape index (κ1) is 19.4. The monoisotopic (exact) mass is 393 g/mol. The van der Waals surface area contributed by atoms with Crippen LogP contribution in [-0.2, 0) is 11.2 Å². The lowest BCUT2D eigenvalue weighted by Crippen LogP contribution is -2.40. The predicted molar refractivity (Wildman–Crippen MR) is 108 cm³/mol. The van der Waals surface area contributed by atoms with Crippen LogP contribution in [0.5, 0.6) is 11.5 Å². The summed E-state index contributed by atoms with van der Waals surface area (Å²) in [4.78, 5) is 0. The molecule has 1 aromatic rings. The Bertz CT molecular complexity index is 668. The molecule has 2 fully saturated rings. The van der Waals surface area contributed by atoms with Crippen LogP contribution in [0.2, 0.25) is 0 Å². The Labute approximate surface area is 168 Å². The fourth-order valence-electron chi connectivity index (χ4n) is 5.53. The minimum absolute atomic E-state index is 0. The second-order valence-electron chi connectivity index (χ2n) is 8.64. The molecule has 2 aliphatic heterocycles. The Kier molecular flexibility index (Phi) is 5.59. The molecular weight excluding hydrogens is 362 g/mol. The van der Waals surface area contributed by atoms with Gasteiger partial charge >= 0.3 is 0 Å². The molecule has 1 spiro atoms. The van der Waals surface area contributed by atoms with Gasteiger partial charge in [0.1, 0.15) is 0 Å². The molecule has 2 atom stereocenters. The molecule has 2 N–H and O–H groups in total. The molecule has 5 heteroatoms. The summed E-state index contributed by atoms with van der Waals surface area (Å²) >= 11 is 0. The summed E-state index contributed by atoms with van der Waals surface area (Å²) in [6, 6.07) is 4.23. The second-order valence-corrected chi connectivity index (χ2v) is 8.64. The van der Waals surface area contributed by atoms with Crippen molar-refractivity contribution in [3.05, 3.63) is 23.3 Å². The van der Waals surface area contributed by atoms with Crippen LogP contribution in [0.15, 0.2) is 12.1 Å². The molecule has 2 heterocycles. The van der Waals surface area contributed by atoms with Gasteiger partial charge < -0.3 is 19.9 Å². The van der Waals surface area contributed by atoms with E-state index in [0.29, 0.717) is 12.5 Å². The van der Waals surface area contributed by atoms with Gasteiger partial charge in [0, 0.05) is 31.4 Å². The van der Waals surface area contributed by atoms with E-state index in [4.69, 9.17) is 19.9 Å². The Hall–Kier alpha value is -0.970. The predicted octanol–water partition coefficient (Wildman–Crippen LogP) is 5.06. The number of halogens is 1. The van der Waals surface area contributed by atoms with Crippen molar-refractivity contribution >= 4 is 12.4 Å². The summed E-state index contributed by atoms with van der Waals surface area (Å²) in [5, 5.41) is 0. The lowest BCUT2D eigenvalue weighted by atomic mass is 9.80. The van der Waals surface area contributed by atoms with Gasteiger partial charge in [-0.05, 0) is 43.2 Å². The van der Waals surface area contributed by atoms with Crippen LogP contribution in [0, 0.1) is 5.92 Å². The van der Waals surface area contributed by atoms with Gasteiger partial charge in [-0.25, -0.2) is 0 Å². The summed E-state index contributed by atoms with van der Waals surface area (Å²) in [7, 11) is 0. The molecule has 0 bridgehead atoms. The van der Waals surface area contributed by atoms with E-state index in [1.165, 1.54) is 62.5 Å². The third kappa shape index (κ3) is 3.45. The van der Waals surface area contributed by atoms with Crippen LogP contribution >= 0.6 is 12.4 Å². The number of rotatable bonds is 2. The highest BCUT2D eigenvalue weighted by molar-refractivity contribution is 5.85. The van der Waals surface area contributed by atoms with Crippen LogP contribution in [0.4, 0.5) is 0 Å². The van der Waals surface area contributed by atoms with Gasteiger partial charge in [-0.2, -0.15) is 0 Å². The normalized spacial score (nSPS) is 29.2. The molecule has 1 aromatic carbocycles. The lowest BCUT2D eigenvalue weighted by Gasteiger charge is -2.38. The fraction of sp³-hybridized carbons (Fsp3) is 0.727. The molecule has 0 amide bonds. The summed E-state index contributed by atoms with van der Waals surface area (Å²) < 4.78 is 19.4. The van der Waals surface area contributed by atoms with Gasteiger partial charge in [-0.1, -0.05) is 31.7 Å². The Morgan fingerprint density at radius 3 is 2.44 bits per heavy atom. The van der Waals surface area contributed by atoms with Crippen molar-refractivity contribution in [1.29, 1.82) is 0 Å². The van der Waals surface area contributed by atoms with E-state index in [1.807, 2.05) is 0 Å². The van der Waals surface area contributed by atoms with Gasteiger partial charge in [-0.15, -0.1) is 12.4 Å². The summed E-state index contributed by atoms with van der Waals surface area (Å²) in [6.45, 7) is 0.529. The largest absolute Gasteiger partial charge is 0.448 e. The third-order valence-electron chi connectivity index (χ3n) is 6.94. The van der Waals surface area contributed by atoms with Crippen molar-refractivity contribution in [3.8, 4) is 11.5 Å².